The van der Waals surface area contributed by atoms with Crippen LogP contribution in [-0.4, -0.2) is 4.98 Å². The lowest BCUT2D eigenvalue weighted by molar-refractivity contribution is 0.629. The van der Waals surface area contributed by atoms with Crippen LogP contribution in [0.5, 0.6) is 0 Å². The minimum absolute atomic E-state index is 0.796. The van der Waals surface area contributed by atoms with Gasteiger partial charge < -0.3 is 4.42 Å². The van der Waals surface area contributed by atoms with Gasteiger partial charge in [0.15, 0.2) is 5.76 Å². The lowest BCUT2D eigenvalue weighted by atomic mass is 10.2. The first-order valence-corrected chi connectivity index (χ1v) is 4.74. The number of pyridine rings is 1. The van der Waals surface area contributed by atoms with E-state index in [9.17, 15) is 0 Å². The Labute approximate surface area is 87.2 Å². The first-order valence-electron chi connectivity index (χ1n) is 4.74. The maximum atomic E-state index is 5.67. The van der Waals surface area contributed by atoms with E-state index in [1.165, 1.54) is 0 Å². The Kier molecular flexibility index (Phi) is 1.78. The number of aromatic nitrogens is 1. The molecular formula is C13H8NO. The predicted molar refractivity (Wildman–Crippen MR) is 58.3 cm³/mol. The van der Waals surface area contributed by atoms with Crippen LogP contribution in [-0.2, 0) is 0 Å². The molecule has 0 atom stereocenters. The molecule has 1 aromatic carbocycles. The molecule has 3 rings (SSSR count). The minimum Gasteiger partial charge on any atom is -0.454 e. The molecule has 2 heteroatoms. The van der Waals surface area contributed by atoms with Crippen molar-refractivity contribution in [1.82, 2.24) is 4.98 Å². The van der Waals surface area contributed by atoms with Crippen LogP contribution in [0, 0.1) is 6.07 Å². The van der Waals surface area contributed by atoms with Gasteiger partial charge in [0.05, 0.1) is 0 Å². The number of hydrogen-bond acceptors (Lipinski definition) is 2. The second-order valence-corrected chi connectivity index (χ2v) is 3.29. The predicted octanol–water partition coefficient (Wildman–Crippen LogP) is 3.29. The fraction of sp³-hybridized carbons (Fsp3) is 0. The number of nitrogens with zero attached hydrogens (tertiary/aromatic N) is 1. The monoisotopic (exact) mass is 194 g/mol. The van der Waals surface area contributed by atoms with Gasteiger partial charge in [-0.15, -0.1) is 0 Å². The molecule has 0 fully saturated rings. The third-order valence-electron chi connectivity index (χ3n) is 2.28. The summed E-state index contributed by atoms with van der Waals surface area (Å²) in [4.78, 5) is 4.24. The van der Waals surface area contributed by atoms with Crippen LogP contribution in [0.3, 0.4) is 0 Å². The molecule has 0 unspecified atom stereocenters. The quantitative estimate of drug-likeness (QED) is 0.594. The summed E-state index contributed by atoms with van der Waals surface area (Å²) in [7, 11) is 0. The summed E-state index contributed by atoms with van der Waals surface area (Å²) in [5, 5.41) is 1.05. The molecule has 0 saturated carbocycles. The number of fused-ring (bicyclic) bond motifs is 1. The lowest BCUT2D eigenvalue weighted by Crippen LogP contribution is -1.76. The van der Waals surface area contributed by atoms with Gasteiger partial charge in [0.25, 0.3) is 0 Å². The third kappa shape index (κ3) is 1.40. The summed E-state index contributed by atoms with van der Waals surface area (Å²) in [6.45, 7) is 0. The Balaban J connectivity index is 2.21. The van der Waals surface area contributed by atoms with E-state index in [-0.39, 0.29) is 0 Å². The van der Waals surface area contributed by atoms with Crippen LogP contribution in [0.1, 0.15) is 0 Å². The molecule has 2 heterocycles. The van der Waals surface area contributed by atoms with E-state index < -0.39 is 0 Å². The van der Waals surface area contributed by atoms with Gasteiger partial charge in [-0.2, -0.15) is 0 Å². The fourth-order valence-corrected chi connectivity index (χ4v) is 1.56. The molecule has 0 saturated heterocycles. The van der Waals surface area contributed by atoms with Crippen LogP contribution < -0.4 is 0 Å². The van der Waals surface area contributed by atoms with Gasteiger partial charge in [0.1, 0.15) is 11.3 Å². The SMILES string of the molecule is [c]1ccc2oc(-c3ccccn3)cc2c1. The average molecular weight is 194 g/mol. The van der Waals surface area contributed by atoms with Gasteiger partial charge in [0.2, 0.25) is 0 Å². The molecule has 15 heavy (non-hydrogen) atoms. The van der Waals surface area contributed by atoms with Crippen LogP contribution >= 0.6 is 0 Å². The van der Waals surface area contributed by atoms with Gasteiger partial charge >= 0.3 is 0 Å². The standard InChI is InChI=1S/C13H8NO/c1-2-7-12-10(5-1)9-13(15-12)11-6-3-4-8-14-11/h2-9H. The molecule has 71 valence electrons. The zero-order valence-corrected chi connectivity index (χ0v) is 7.97. The molecule has 1 radical (unpaired) electrons. The van der Waals surface area contributed by atoms with Crippen LogP contribution in [0.25, 0.3) is 22.4 Å². The summed E-state index contributed by atoms with van der Waals surface area (Å²) < 4.78 is 5.67. The number of hydrogen-bond donors (Lipinski definition) is 0. The van der Waals surface area contributed by atoms with Crippen molar-refractivity contribution >= 4 is 11.0 Å². The Hall–Kier alpha value is -2.09. The molecule has 0 aliphatic carbocycles. The summed E-state index contributed by atoms with van der Waals surface area (Å²) in [6, 6.07) is 16.4. The normalized spacial score (nSPS) is 10.7. The van der Waals surface area contributed by atoms with Gasteiger partial charge in [0, 0.05) is 11.6 Å². The van der Waals surface area contributed by atoms with Gasteiger partial charge in [-0.05, 0) is 36.4 Å². The fourth-order valence-electron chi connectivity index (χ4n) is 1.56. The van der Waals surface area contributed by atoms with E-state index >= 15 is 0 Å². The molecule has 0 aliphatic heterocycles. The molecule has 0 N–H and O–H groups in total. The van der Waals surface area contributed by atoms with Crippen molar-refractivity contribution in [3.63, 3.8) is 0 Å². The molecule has 0 bridgehead atoms. The maximum absolute atomic E-state index is 5.67. The van der Waals surface area contributed by atoms with Crippen molar-refractivity contribution < 1.29 is 4.42 Å². The molecule has 0 amide bonds. The average Bonchev–Trinajstić information content (AvgIpc) is 2.74. The van der Waals surface area contributed by atoms with Crippen molar-refractivity contribution in [3.05, 3.63) is 54.7 Å². The van der Waals surface area contributed by atoms with E-state index in [0.717, 1.165) is 22.4 Å². The van der Waals surface area contributed by atoms with E-state index in [4.69, 9.17) is 4.42 Å². The molecular weight excluding hydrogens is 186 g/mol. The van der Waals surface area contributed by atoms with Crippen molar-refractivity contribution in [2.45, 2.75) is 0 Å². The van der Waals surface area contributed by atoms with Crippen molar-refractivity contribution in [1.29, 1.82) is 0 Å². The zero-order valence-electron chi connectivity index (χ0n) is 7.97. The number of benzene rings is 1. The van der Waals surface area contributed by atoms with Crippen molar-refractivity contribution in [2.75, 3.05) is 0 Å². The number of furan rings is 1. The summed E-state index contributed by atoms with van der Waals surface area (Å²) in [6.07, 6.45) is 1.76. The van der Waals surface area contributed by atoms with E-state index in [2.05, 4.69) is 11.1 Å². The Bertz CT molecular complexity index is 551. The summed E-state index contributed by atoms with van der Waals surface area (Å²) in [5.41, 5.74) is 1.73. The van der Waals surface area contributed by atoms with Gasteiger partial charge in [-0.1, -0.05) is 12.1 Å². The molecule has 0 spiro atoms. The van der Waals surface area contributed by atoms with Gasteiger partial charge in [-0.25, -0.2) is 0 Å². The van der Waals surface area contributed by atoms with E-state index in [1.807, 2.05) is 42.5 Å². The maximum Gasteiger partial charge on any atom is 0.153 e. The highest BCUT2D eigenvalue weighted by atomic mass is 16.3. The largest absolute Gasteiger partial charge is 0.454 e. The second kappa shape index (κ2) is 3.24. The molecule has 3 aromatic rings. The number of rotatable bonds is 1. The van der Waals surface area contributed by atoms with Crippen molar-refractivity contribution in [2.24, 2.45) is 0 Å². The van der Waals surface area contributed by atoms with Gasteiger partial charge in [-0.3, -0.25) is 4.98 Å². The minimum atomic E-state index is 0.796. The third-order valence-corrected chi connectivity index (χ3v) is 2.28. The summed E-state index contributed by atoms with van der Waals surface area (Å²) >= 11 is 0. The first kappa shape index (κ1) is 8.24. The Morgan fingerprint density at radius 2 is 2.20 bits per heavy atom. The van der Waals surface area contributed by atoms with Crippen LogP contribution in [0.15, 0.2) is 53.1 Å². The highest BCUT2D eigenvalue weighted by Crippen LogP contribution is 2.25. The van der Waals surface area contributed by atoms with Crippen molar-refractivity contribution in [3.8, 4) is 11.5 Å². The molecule has 2 aromatic heterocycles. The summed E-state index contributed by atoms with van der Waals surface area (Å²) in [5.74, 6) is 0.796. The topological polar surface area (TPSA) is 26.0 Å². The second-order valence-electron chi connectivity index (χ2n) is 3.29. The smallest absolute Gasteiger partial charge is 0.153 e. The lowest BCUT2D eigenvalue weighted by Gasteiger charge is -1.92. The highest BCUT2D eigenvalue weighted by Gasteiger charge is 2.05. The zero-order chi connectivity index (χ0) is 10.1. The van der Waals surface area contributed by atoms with Crippen LogP contribution in [0.4, 0.5) is 0 Å². The Morgan fingerprint density at radius 3 is 3.00 bits per heavy atom. The Morgan fingerprint density at radius 1 is 1.20 bits per heavy atom. The highest BCUT2D eigenvalue weighted by molar-refractivity contribution is 5.81. The first-order chi connectivity index (χ1) is 7.43. The van der Waals surface area contributed by atoms with E-state index in [0.29, 0.717) is 0 Å². The molecule has 2 nitrogen and oxygen atoms in total. The van der Waals surface area contributed by atoms with E-state index in [1.54, 1.807) is 6.20 Å². The molecule has 0 aliphatic rings. The van der Waals surface area contributed by atoms with Crippen LogP contribution in [0.2, 0.25) is 0 Å².